The van der Waals surface area contributed by atoms with Crippen molar-refractivity contribution in [2.75, 3.05) is 6.54 Å². The molecule has 1 aromatic carbocycles. The number of ether oxygens (including phenoxy) is 4. The molecule has 0 N–H and O–H groups in total. The third kappa shape index (κ3) is 6.67. The van der Waals surface area contributed by atoms with Crippen LogP contribution in [0.3, 0.4) is 0 Å². The van der Waals surface area contributed by atoms with E-state index in [1.54, 1.807) is 0 Å². The average Bonchev–Trinajstić information content (AvgIpc) is 2.65. The number of hydrogen-bond acceptors (Lipinski definition) is 9. The summed E-state index contributed by atoms with van der Waals surface area (Å²) in [7, 11) is 0. The molecule has 0 bridgehead atoms. The molecule has 1 aliphatic rings. The fourth-order valence-corrected chi connectivity index (χ4v) is 3.97. The lowest BCUT2D eigenvalue weighted by Crippen LogP contribution is -2.61. The lowest BCUT2D eigenvalue weighted by Gasteiger charge is -2.44. The first-order valence-corrected chi connectivity index (χ1v) is 9.59. The van der Waals surface area contributed by atoms with Crippen molar-refractivity contribution in [1.29, 1.82) is 0 Å². The summed E-state index contributed by atoms with van der Waals surface area (Å²) in [6, 6.07) is 9.17. The lowest BCUT2D eigenvalue weighted by molar-refractivity contribution is -0.230. The van der Waals surface area contributed by atoms with E-state index in [-0.39, 0.29) is 6.54 Å². The zero-order chi connectivity index (χ0) is 21.4. The van der Waals surface area contributed by atoms with Gasteiger partial charge in [-0.15, -0.1) is 0 Å². The SMILES string of the molecule is CC(=O)O[C@@H]1[C@@H](OC(C)=O)[C@H](Sc2ccccc2)O[C@H](CN=[N+]=[N-])[C@H]1OC(C)=O. The van der Waals surface area contributed by atoms with Crippen LogP contribution in [0.25, 0.3) is 10.4 Å². The Morgan fingerprint density at radius 1 is 1.00 bits per heavy atom. The predicted molar refractivity (Wildman–Crippen MR) is 102 cm³/mol. The van der Waals surface area contributed by atoms with Gasteiger partial charge in [0.2, 0.25) is 0 Å². The van der Waals surface area contributed by atoms with Crippen molar-refractivity contribution in [3.8, 4) is 0 Å². The van der Waals surface area contributed by atoms with Gasteiger partial charge in [-0.3, -0.25) is 14.4 Å². The normalized spacial score (nSPS) is 26.0. The van der Waals surface area contributed by atoms with Gasteiger partial charge >= 0.3 is 17.9 Å². The van der Waals surface area contributed by atoms with Crippen LogP contribution in [0.15, 0.2) is 40.3 Å². The highest BCUT2D eigenvalue weighted by Gasteiger charge is 2.51. The lowest BCUT2D eigenvalue weighted by atomic mass is 9.99. The summed E-state index contributed by atoms with van der Waals surface area (Å²) < 4.78 is 22.1. The largest absolute Gasteiger partial charge is 0.456 e. The first kappa shape index (κ1) is 22.5. The van der Waals surface area contributed by atoms with E-state index in [1.807, 2.05) is 30.3 Å². The molecule has 10 nitrogen and oxygen atoms in total. The van der Waals surface area contributed by atoms with E-state index in [9.17, 15) is 14.4 Å². The molecule has 156 valence electrons. The van der Waals surface area contributed by atoms with Crippen LogP contribution in [0, 0.1) is 0 Å². The molecule has 0 aromatic heterocycles. The van der Waals surface area contributed by atoms with Crippen molar-refractivity contribution in [2.45, 2.75) is 55.5 Å². The molecule has 29 heavy (non-hydrogen) atoms. The summed E-state index contributed by atoms with van der Waals surface area (Å²) in [5.74, 6) is -1.93. The Kier molecular flexibility index (Phi) is 8.32. The number of carbonyl (C=O) groups is 3. The molecule has 1 fully saturated rings. The van der Waals surface area contributed by atoms with Crippen LogP contribution in [0.1, 0.15) is 20.8 Å². The van der Waals surface area contributed by atoms with E-state index in [4.69, 9.17) is 24.5 Å². The van der Waals surface area contributed by atoms with Crippen LogP contribution in [-0.4, -0.2) is 54.3 Å². The topological polar surface area (TPSA) is 137 Å². The number of hydrogen-bond donors (Lipinski definition) is 0. The first-order chi connectivity index (χ1) is 13.8. The number of carbonyl (C=O) groups excluding carboxylic acids is 3. The zero-order valence-electron chi connectivity index (χ0n) is 16.1. The molecular formula is C18H21N3O7S. The van der Waals surface area contributed by atoms with Crippen LogP contribution in [0.5, 0.6) is 0 Å². The predicted octanol–water partition coefficient (Wildman–Crippen LogP) is 2.61. The second kappa shape index (κ2) is 10.7. The van der Waals surface area contributed by atoms with Crippen molar-refractivity contribution >= 4 is 29.7 Å². The van der Waals surface area contributed by atoms with E-state index in [0.717, 1.165) is 4.90 Å². The Labute approximate surface area is 171 Å². The van der Waals surface area contributed by atoms with E-state index >= 15 is 0 Å². The van der Waals surface area contributed by atoms with Gasteiger partial charge in [-0.2, -0.15) is 0 Å². The van der Waals surface area contributed by atoms with Gasteiger partial charge in [0.05, 0.1) is 6.54 Å². The van der Waals surface area contributed by atoms with Gasteiger partial charge in [0, 0.05) is 30.6 Å². The summed E-state index contributed by atoms with van der Waals surface area (Å²) in [4.78, 5) is 38.6. The van der Waals surface area contributed by atoms with Crippen LogP contribution in [-0.2, 0) is 33.3 Å². The molecule has 11 heteroatoms. The average molecular weight is 423 g/mol. The number of thioether (sulfide) groups is 1. The van der Waals surface area contributed by atoms with Crippen LogP contribution < -0.4 is 0 Å². The number of nitrogens with zero attached hydrogens (tertiary/aromatic N) is 3. The summed E-state index contributed by atoms with van der Waals surface area (Å²) >= 11 is 1.24. The molecule has 0 aliphatic carbocycles. The monoisotopic (exact) mass is 423 g/mol. The highest BCUT2D eigenvalue weighted by molar-refractivity contribution is 7.99. The minimum Gasteiger partial charge on any atom is -0.456 e. The van der Waals surface area contributed by atoms with Crippen molar-refractivity contribution < 1.29 is 33.3 Å². The van der Waals surface area contributed by atoms with Crippen LogP contribution >= 0.6 is 11.8 Å². The fraction of sp³-hybridized carbons (Fsp3) is 0.500. The van der Waals surface area contributed by atoms with Gasteiger partial charge in [-0.1, -0.05) is 35.1 Å². The number of rotatable bonds is 7. The smallest absolute Gasteiger partial charge is 0.303 e. The number of azide groups is 1. The molecule has 2 rings (SSSR count). The van der Waals surface area contributed by atoms with Gasteiger partial charge in [0.25, 0.3) is 0 Å². The number of esters is 3. The molecule has 1 aromatic rings. The molecule has 0 spiro atoms. The van der Waals surface area contributed by atoms with E-state index in [2.05, 4.69) is 10.0 Å². The maximum atomic E-state index is 11.7. The Morgan fingerprint density at radius 2 is 1.55 bits per heavy atom. The molecule has 0 unspecified atom stereocenters. The second-order valence-corrected chi connectivity index (χ2v) is 7.28. The zero-order valence-corrected chi connectivity index (χ0v) is 16.9. The van der Waals surface area contributed by atoms with Crippen molar-refractivity contribution in [3.05, 3.63) is 40.8 Å². The fourth-order valence-electron chi connectivity index (χ4n) is 2.85. The Hall–Kier alpha value is -2.75. The van der Waals surface area contributed by atoms with Crippen molar-refractivity contribution in [1.82, 2.24) is 0 Å². The van der Waals surface area contributed by atoms with Gasteiger partial charge in [0.1, 0.15) is 11.5 Å². The van der Waals surface area contributed by atoms with Crippen LogP contribution in [0.4, 0.5) is 0 Å². The van der Waals surface area contributed by atoms with Gasteiger partial charge in [0.15, 0.2) is 18.3 Å². The molecule has 1 saturated heterocycles. The maximum Gasteiger partial charge on any atom is 0.303 e. The number of benzene rings is 1. The minimum absolute atomic E-state index is 0.176. The molecule has 0 amide bonds. The Morgan fingerprint density at radius 3 is 2.10 bits per heavy atom. The quantitative estimate of drug-likeness (QED) is 0.214. The molecule has 0 saturated carbocycles. The highest BCUT2D eigenvalue weighted by atomic mass is 32.2. The molecule has 1 heterocycles. The Balaban J connectivity index is 2.44. The Bertz CT molecular complexity index is 785. The van der Waals surface area contributed by atoms with Gasteiger partial charge in [-0.25, -0.2) is 0 Å². The van der Waals surface area contributed by atoms with Crippen molar-refractivity contribution in [2.24, 2.45) is 5.11 Å². The second-order valence-electron chi connectivity index (χ2n) is 6.11. The summed E-state index contributed by atoms with van der Waals surface area (Å²) in [6.07, 6.45) is -4.24. The third-order valence-corrected chi connectivity index (χ3v) is 4.97. The van der Waals surface area contributed by atoms with E-state index in [1.165, 1.54) is 32.5 Å². The summed E-state index contributed by atoms with van der Waals surface area (Å²) in [6.45, 7) is 3.40. The highest BCUT2D eigenvalue weighted by Crippen LogP contribution is 2.37. The third-order valence-electron chi connectivity index (χ3n) is 3.82. The van der Waals surface area contributed by atoms with E-state index < -0.39 is 47.8 Å². The molecule has 1 aliphatic heterocycles. The maximum absolute atomic E-state index is 11.7. The standard InChI is InChI=1S/C18H21N3O7S/c1-10(22)25-15-14(9-20-21-19)28-18(29-13-7-5-4-6-8-13)17(27-12(3)24)16(15)26-11(2)23/h4-8,14-18H,9H2,1-3H3/t14-,15-,16+,17-,18+/m1/s1. The molecule has 0 radical (unpaired) electrons. The van der Waals surface area contributed by atoms with E-state index in [0.29, 0.717) is 0 Å². The molecular weight excluding hydrogens is 402 g/mol. The molecule has 5 atom stereocenters. The first-order valence-electron chi connectivity index (χ1n) is 8.71. The summed E-state index contributed by atoms with van der Waals surface area (Å²) in [5, 5.41) is 3.50. The summed E-state index contributed by atoms with van der Waals surface area (Å²) in [5.41, 5.74) is 7.87. The van der Waals surface area contributed by atoms with Gasteiger partial charge in [-0.05, 0) is 17.7 Å². The minimum atomic E-state index is -1.14. The van der Waals surface area contributed by atoms with Crippen molar-refractivity contribution in [3.63, 3.8) is 0 Å². The van der Waals surface area contributed by atoms with Crippen LogP contribution in [0.2, 0.25) is 0 Å². The van der Waals surface area contributed by atoms with Gasteiger partial charge < -0.3 is 18.9 Å².